The van der Waals surface area contributed by atoms with E-state index in [0.29, 0.717) is 36.4 Å². The van der Waals surface area contributed by atoms with Crippen LogP contribution in [0.2, 0.25) is 0 Å². The molecule has 0 radical (unpaired) electrons. The predicted molar refractivity (Wildman–Crippen MR) is 108 cm³/mol. The number of halogens is 3. The fourth-order valence-corrected chi connectivity index (χ4v) is 3.35. The summed E-state index contributed by atoms with van der Waals surface area (Å²) in [5.41, 5.74) is -0.483. The molecule has 160 valence electrons. The molecule has 0 saturated carbocycles. The molecule has 0 spiro atoms. The van der Waals surface area contributed by atoms with Crippen molar-refractivity contribution >= 4 is 11.7 Å². The first kappa shape index (κ1) is 20.6. The average molecular weight is 428 g/mol. The van der Waals surface area contributed by atoms with Crippen LogP contribution in [0.15, 0.2) is 48.5 Å². The normalized spacial score (nSPS) is 13.9. The van der Waals surface area contributed by atoms with Crippen molar-refractivity contribution in [3.8, 4) is 11.6 Å². The van der Waals surface area contributed by atoms with Crippen molar-refractivity contribution in [2.45, 2.75) is 6.92 Å². The molecule has 2 heterocycles. The Labute approximate surface area is 176 Å². The maximum atomic E-state index is 14.0. The second-order valence-corrected chi connectivity index (χ2v) is 7.03. The molecule has 31 heavy (non-hydrogen) atoms. The summed E-state index contributed by atoms with van der Waals surface area (Å²) in [7, 11) is 0. The van der Waals surface area contributed by atoms with Crippen LogP contribution >= 0.6 is 0 Å². The molecular weight excluding hydrogens is 409 g/mol. The summed E-state index contributed by atoms with van der Waals surface area (Å²) in [6.45, 7) is 3.16. The first-order valence-electron chi connectivity index (χ1n) is 9.68. The Morgan fingerprint density at radius 2 is 1.65 bits per heavy atom. The zero-order valence-corrected chi connectivity index (χ0v) is 16.7. The minimum absolute atomic E-state index is 0.273. The SMILES string of the molecule is Cc1nc(Oc2ccccc2)cc(N2CCN(C(=O)c3ccc(F)c(F)c3F)CC2)n1. The number of para-hydroxylation sites is 1. The molecule has 0 unspecified atom stereocenters. The Hall–Kier alpha value is -3.62. The molecule has 4 rings (SSSR count). The van der Waals surface area contributed by atoms with Gasteiger partial charge in [-0.15, -0.1) is 0 Å². The van der Waals surface area contributed by atoms with Gasteiger partial charge in [0, 0.05) is 32.2 Å². The van der Waals surface area contributed by atoms with Crippen LogP contribution in [0.25, 0.3) is 0 Å². The molecule has 0 N–H and O–H groups in total. The molecule has 6 nitrogen and oxygen atoms in total. The molecule has 1 aliphatic heterocycles. The van der Waals surface area contributed by atoms with Gasteiger partial charge in [0.2, 0.25) is 5.88 Å². The molecule has 1 fully saturated rings. The number of piperazine rings is 1. The van der Waals surface area contributed by atoms with Gasteiger partial charge in [0.1, 0.15) is 17.4 Å². The summed E-state index contributed by atoms with van der Waals surface area (Å²) in [4.78, 5) is 24.7. The minimum Gasteiger partial charge on any atom is -0.439 e. The number of nitrogens with zero attached hydrogens (tertiary/aromatic N) is 4. The Morgan fingerprint density at radius 3 is 2.35 bits per heavy atom. The third-order valence-corrected chi connectivity index (χ3v) is 4.92. The van der Waals surface area contributed by atoms with Gasteiger partial charge in [-0.3, -0.25) is 4.79 Å². The fraction of sp³-hybridized carbons (Fsp3) is 0.227. The average Bonchev–Trinajstić information content (AvgIpc) is 2.78. The molecule has 9 heteroatoms. The van der Waals surface area contributed by atoms with E-state index in [1.54, 1.807) is 13.0 Å². The fourth-order valence-electron chi connectivity index (χ4n) is 3.35. The molecular formula is C22H19F3N4O2. The molecule has 3 aromatic rings. The van der Waals surface area contributed by atoms with E-state index >= 15 is 0 Å². The summed E-state index contributed by atoms with van der Waals surface area (Å²) < 4.78 is 46.4. The topological polar surface area (TPSA) is 58.6 Å². The number of carbonyl (C=O) groups excluding carboxylic acids is 1. The van der Waals surface area contributed by atoms with E-state index in [9.17, 15) is 18.0 Å². The van der Waals surface area contributed by atoms with Crippen molar-refractivity contribution in [3.63, 3.8) is 0 Å². The van der Waals surface area contributed by atoms with Gasteiger partial charge in [-0.1, -0.05) is 18.2 Å². The molecule has 0 atom stereocenters. The van der Waals surface area contributed by atoms with E-state index in [1.807, 2.05) is 35.2 Å². The highest BCUT2D eigenvalue weighted by Gasteiger charge is 2.27. The lowest BCUT2D eigenvalue weighted by Crippen LogP contribution is -2.49. The summed E-state index contributed by atoms with van der Waals surface area (Å²) in [5.74, 6) is -2.90. The number of anilines is 1. The molecule has 0 aliphatic carbocycles. The van der Waals surface area contributed by atoms with Gasteiger partial charge in [-0.05, 0) is 31.2 Å². The highest BCUT2D eigenvalue weighted by Crippen LogP contribution is 2.24. The lowest BCUT2D eigenvalue weighted by molar-refractivity contribution is 0.0740. The molecule has 2 aromatic carbocycles. The van der Waals surface area contributed by atoms with Gasteiger partial charge >= 0.3 is 0 Å². The lowest BCUT2D eigenvalue weighted by Gasteiger charge is -2.35. The number of aromatic nitrogens is 2. The van der Waals surface area contributed by atoms with Crippen LogP contribution in [0.3, 0.4) is 0 Å². The highest BCUT2D eigenvalue weighted by molar-refractivity contribution is 5.94. The first-order chi connectivity index (χ1) is 14.9. The summed E-state index contributed by atoms with van der Waals surface area (Å²) in [5, 5.41) is 0. The second kappa shape index (κ2) is 8.63. The van der Waals surface area contributed by atoms with Gasteiger partial charge in [0.05, 0.1) is 5.56 Å². The first-order valence-corrected chi connectivity index (χ1v) is 9.68. The van der Waals surface area contributed by atoms with Crippen LogP contribution in [-0.4, -0.2) is 47.0 Å². The van der Waals surface area contributed by atoms with Crippen molar-refractivity contribution in [1.29, 1.82) is 0 Å². The number of ether oxygens (including phenoxy) is 1. The molecule has 1 aliphatic rings. The molecule has 1 aromatic heterocycles. The van der Waals surface area contributed by atoms with E-state index in [4.69, 9.17) is 4.74 Å². The smallest absolute Gasteiger partial charge is 0.257 e. The Kier molecular flexibility index (Phi) is 5.75. The number of carbonyl (C=O) groups is 1. The number of hydrogen-bond donors (Lipinski definition) is 0. The van der Waals surface area contributed by atoms with E-state index < -0.39 is 28.9 Å². The monoisotopic (exact) mass is 428 g/mol. The van der Waals surface area contributed by atoms with Crippen LogP contribution in [-0.2, 0) is 0 Å². The van der Waals surface area contributed by atoms with Gasteiger partial charge in [0.25, 0.3) is 5.91 Å². The quantitative estimate of drug-likeness (QED) is 0.589. The van der Waals surface area contributed by atoms with Crippen LogP contribution < -0.4 is 9.64 Å². The van der Waals surface area contributed by atoms with Crippen LogP contribution in [0.5, 0.6) is 11.6 Å². The van der Waals surface area contributed by atoms with Gasteiger partial charge in [0.15, 0.2) is 17.5 Å². The van der Waals surface area contributed by atoms with Crippen molar-refractivity contribution < 1.29 is 22.7 Å². The number of rotatable bonds is 4. The third-order valence-electron chi connectivity index (χ3n) is 4.92. The maximum absolute atomic E-state index is 14.0. The lowest BCUT2D eigenvalue weighted by atomic mass is 10.1. The Bertz CT molecular complexity index is 1100. The number of hydrogen-bond acceptors (Lipinski definition) is 5. The van der Waals surface area contributed by atoms with Crippen molar-refractivity contribution in [3.05, 3.63) is 77.4 Å². The minimum atomic E-state index is -1.65. The summed E-state index contributed by atoms with van der Waals surface area (Å²) in [6, 6.07) is 12.7. The zero-order chi connectivity index (χ0) is 22.0. The Balaban J connectivity index is 1.45. The molecule has 1 amide bonds. The summed E-state index contributed by atoms with van der Waals surface area (Å²) in [6.07, 6.45) is 0. The Morgan fingerprint density at radius 1 is 0.935 bits per heavy atom. The van der Waals surface area contributed by atoms with E-state index in [1.165, 1.54) is 4.90 Å². The van der Waals surface area contributed by atoms with E-state index in [-0.39, 0.29) is 13.1 Å². The van der Waals surface area contributed by atoms with Gasteiger partial charge in [-0.25, -0.2) is 18.2 Å². The number of amides is 1. The third kappa shape index (κ3) is 4.45. The maximum Gasteiger partial charge on any atom is 0.257 e. The van der Waals surface area contributed by atoms with E-state index in [0.717, 1.165) is 12.1 Å². The van der Waals surface area contributed by atoms with E-state index in [2.05, 4.69) is 9.97 Å². The standard InChI is InChI=1S/C22H19F3N4O2/c1-14-26-18(13-19(27-14)31-15-5-3-2-4-6-15)28-9-11-29(12-10-28)22(30)16-7-8-17(23)21(25)20(16)24/h2-8,13H,9-12H2,1H3. The molecule has 0 bridgehead atoms. The predicted octanol–water partition coefficient (Wildman–Crippen LogP) is 3.96. The van der Waals surface area contributed by atoms with Crippen LogP contribution in [0.4, 0.5) is 19.0 Å². The largest absolute Gasteiger partial charge is 0.439 e. The van der Waals surface area contributed by atoms with Crippen LogP contribution in [0, 0.1) is 24.4 Å². The second-order valence-electron chi connectivity index (χ2n) is 7.03. The zero-order valence-electron chi connectivity index (χ0n) is 16.7. The highest BCUT2D eigenvalue weighted by atomic mass is 19.2. The van der Waals surface area contributed by atoms with Crippen molar-refractivity contribution in [2.75, 3.05) is 31.1 Å². The van der Waals surface area contributed by atoms with Gasteiger partial charge in [-0.2, -0.15) is 4.98 Å². The molecule has 1 saturated heterocycles. The van der Waals surface area contributed by atoms with Gasteiger partial charge < -0.3 is 14.5 Å². The summed E-state index contributed by atoms with van der Waals surface area (Å²) >= 11 is 0. The van der Waals surface area contributed by atoms with Crippen molar-refractivity contribution in [2.24, 2.45) is 0 Å². The number of benzene rings is 2. The van der Waals surface area contributed by atoms with Crippen LogP contribution in [0.1, 0.15) is 16.2 Å². The number of aryl methyl sites for hydroxylation is 1. The van der Waals surface area contributed by atoms with Crippen molar-refractivity contribution in [1.82, 2.24) is 14.9 Å².